The van der Waals surface area contributed by atoms with Gasteiger partial charge < -0.3 is 0 Å². The zero-order valence-corrected chi connectivity index (χ0v) is 19.4. The summed E-state index contributed by atoms with van der Waals surface area (Å²) in [6.07, 6.45) is 12.3. The second kappa shape index (κ2) is 8.26. The summed E-state index contributed by atoms with van der Waals surface area (Å²) < 4.78 is 2.26. The molecule has 0 amide bonds. The van der Waals surface area contributed by atoms with Crippen LogP contribution in [0.3, 0.4) is 0 Å². The Kier molecular flexibility index (Phi) is 5.46. The second-order valence-corrected chi connectivity index (χ2v) is 10.4. The predicted molar refractivity (Wildman–Crippen MR) is 130 cm³/mol. The van der Waals surface area contributed by atoms with Crippen LogP contribution in [0.4, 0.5) is 0 Å². The smallest absolute Gasteiger partial charge is 0.200 e. The minimum absolute atomic E-state index is 0.627. The van der Waals surface area contributed by atoms with Crippen LogP contribution in [0.2, 0.25) is 0 Å². The number of nitrogens with zero attached hydrogens (tertiary/aromatic N) is 1. The van der Waals surface area contributed by atoms with Crippen LogP contribution >= 0.6 is 0 Å². The van der Waals surface area contributed by atoms with E-state index in [0.29, 0.717) is 5.41 Å². The van der Waals surface area contributed by atoms with E-state index in [0.717, 1.165) is 11.8 Å². The Morgan fingerprint density at radius 3 is 2.39 bits per heavy atom. The lowest BCUT2D eigenvalue weighted by Gasteiger charge is -2.48. The molecule has 0 saturated heterocycles. The first-order chi connectivity index (χ1) is 15.0. The highest BCUT2D eigenvalue weighted by Crippen LogP contribution is 2.53. The molecule has 2 aromatic carbocycles. The van der Waals surface area contributed by atoms with E-state index in [1.165, 1.54) is 72.9 Å². The van der Waals surface area contributed by atoms with Gasteiger partial charge in [-0.15, -0.1) is 0 Å². The molecule has 31 heavy (non-hydrogen) atoms. The van der Waals surface area contributed by atoms with Gasteiger partial charge in [0.15, 0.2) is 6.20 Å². The first-order valence-electron chi connectivity index (χ1n) is 12.2. The number of benzene rings is 2. The summed E-state index contributed by atoms with van der Waals surface area (Å²) in [5.74, 6) is 1.69. The Morgan fingerprint density at radius 2 is 1.61 bits per heavy atom. The van der Waals surface area contributed by atoms with Gasteiger partial charge in [-0.25, -0.2) is 4.57 Å². The van der Waals surface area contributed by atoms with Crippen molar-refractivity contribution in [3.8, 4) is 22.4 Å². The van der Waals surface area contributed by atoms with E-state index in [1.807, 2.05) is 0 Å². The van der Waals surface area contributed by atoms with Crippen molar-refractivity contribution in [3.63, 3.8) is 0 Å². The first kappa shape index (κ1) is 20.5. The molecular formula is C30H36N+. The number of pyridine rings is 1. The third-order valence-electron chi connectivity index (χ3n) is 8.44. The fourth-order valence-corrected chi connectivity index (χ4v) is 6.34. The maximum Gasteiger partial charge on any atom is 0.212 e. The molecule has 1 nitrogen and oxygen atoms in total. The zero-order chi connectivity index (χ0) is 21.4. The minimum Gasteiger partial charge on any atom is -0.200 e. The van der Waals surface area contributed by atoms with Gasteiger partial charge in [-0.05, 0) is 85.1 Å². The highest BCUT2D eigenvalue weighted by molar-refractivity contribution is 5.66. The van der Waals surface area contributed by atoms with Gasteiger partial charge in [0, 0.05) is 17.2 Å². The van der Waals surface area contributed by atoms with Crippen molar-refractivity contribution in [3.05, 3.63) is 78.0 Å². The second-order valence-electron chi connectivity index (χ2n) is 10.4. The lowest BCUT2D eigenvalue weighted by molar-refractivity contribution is -0.659. The Bertz CT molecular complexity index is 1060. The molecule has 5 rings (SSSR count). The van der Waals surface area contributed by atoms with Gasteiger partial charge in [-0.3, -0.25) is 0 Å². The molecule has 2 aliphatic carbocycles. The molecule has 2 aliphatic rings. The molecule has 160 valence electrons. The summed E-state index contributed by atoms with van der Waals surface area (Å²) >= 11 is 0. The Hall–Kier alpha value is -2.41. The zero-order valence-electron chi connectivity index (χ0n) is 19.4. The van der Waals surface area contributed by atoms with E-state index in [2.05, 4.69) is 92.3 Å². The fourth-order valence-electron chi connectivity index (χ4n) is 6.34. The maximum absolute atomic E-state index is 2.57. The summed E-state index contributed by atoms with van der Waals surface area (Å²) in [5, 5.41) is 0. The van der Waals surface area contributed by atoms with E-state index in [-0.39, 0.29) is 0 Å². The number of aromatic nitrogens is 1. The molecule has 3 aromatic rings. The summed E-state index contributed by atoms with van der Waals surface area (Å²) in [6.45, 7) is 4.75. The van der Waals surface area contributed by atoms with Gasteiger partial charge >= 0.3 is 0 Å². The van der Waals surface area contributed by atoms with Gasteiger partial charge in [-0.1, -0.05) is 62.2 Å². The largest absolute Gasteiger partial charge is 0.212 e. The minimum atomic E-state index is 0.627. The SMILES string of the molecule is Cc1ccccc1-c1ccc(-c2ccc(C3CC[C@]4(C)CCCC[C@H]4C3)cc2)c[n+]1C. The standard InChI is InChI=1S/C30H36N/c1-22-8-4-5-10-28(22)29-16-15-26(21-31(29)3)24-13-11-23(12-14-24)25-17-19-30(2)18-7-6-9-27(30)20-25/h4-5,8,10-16,21,25,27H,6-7,9,17-20H2,1-3H3/q+1/t25?,27-,30-/m0/s1. The van der Waals surface area contributed by atoms with Crippen molar-refractivity contribution >= 4 is 0 Å². The summed E-state index contributed by atoms with van der Waals surface area (Å²) in [4.78, 5) is 0. The van der Waals surface area contributed by atoms with Crippen LogP contribution in [0.1, 0.15) is 68.9 Å². The van der Waals surface area contributed by atoms with Crippen LogP contribution in [-0.2, 0) is 7.05 Å². The van der Waals surface area contributed by atoms with Crippen molar-refractivity contribution in [2.24, 2.45) is 18.4 Å². The molecule has 0 aliphatic heterocycles. The predicted octanol–water partition coefficient (Wildman–Crippen LogP) is 7.62. The van der Waals surface area contributed by atoms with Crippen LogP contribution in [0, 0.1) is 18.3 Å². The number of hydrogen-bond acceptors (Lipinski definition) is 0. The van der Waals surface area contributed by atoms with Crippen LogP contribution < -0.4 is 4.57 Å². The number of rotatable bonds is 3. The third-order valence-corrected chi connectivity index (χ3v) is 8.44. The first-order valence-corrected chi connectivity index (χ1v) is 12.2. The van der Waals surface area contributed by atoms with Crippen LogP contribution in [0.15, 0.2) is 66.9 Å². The molecule has 0 N–H and O–H groups in total. The molecule has 0 bridgehead atoms. The van der Waals surface area contributed by atoms with Crippen LogP contribution in [0.25, 0.3) is 22.4 Å². The van der Waals surface area contributed by atoms with Crippen LogP contribution in [0.5, 0.6) is 0 Å². The fraction of sp³-hybridized carbons (Fsp3) is 0.433. The van der Waals surface area contributed by atoms with Gasteiger partial charge in [0.25, 0.3) is 0 Å². The van der Waals surface area contributed by atoms with Gasteiger partial charge in [0.05, 0.1) is 0 Å². The third kappa shape index (κ3) is 3.95. The summed E-state index contributed by atoms with van der Waals surface area (Å²) in [6, 6.07) is 22.6. The van der Waals surface area contributed by atoms with Gasteiger partial charge in [0.1, 0.15) is 7.05 Å². The quantitative estimate of drug-likeness (QED) is 0.391. The molecule has 0 spiro atoms. The van der Waals surface area contributed by atoms with E-state index < -0.39 is 0 Å². The average Bonchev–Trinajstić information content (AvgIpc) is 2.79. The monoisotopic (exact) mass is 410 g/mol. The molecule has 1 aromatic heterocycles. The molecule has 2 saturated carbocycles. The number of hydrogen-bond donors (Lipinski definition) is 0. The normalized spacial score (nSPS) is 25.8. The number of fused-ring (bicyclic) bond motifs is 1. The van der Waals surface area contributed by atoms with E-state index in [1.54, 1.807) is 5.56 Å². The highest BCUT2D eigenvalue weighted by Gasteiger charge is 2.41. The van der Waals surface area contributed by atoms with E-state index in [9.17, 15) is 0 Å². The average molecular weight is 411 g/mol. The molecule has 0 radical (unpaired) electrons. The van der Waals surface area contributed by atoms with Crippen molar-refractivity contribution in [2.45, 2.75) is 64.7 Å². The van der Waals surface area contributed by atoms with Gasteiger partial charge in [-0.2, -0.15) is 0 Å². The highest BCUT2D eigenvalue weighted by atomic mass is 14.9. The van der Waals surface area contributed by atoms with Crippen molar-refractivity contribution in [1.29, 1.82) is 0 Å². The lowest BCUT2D eigenvalue weighted by atomic mass is 9.57. The van der Waals surface area contributed by atoms with E-state index >= 15 is 0 Å². The summed E-state index contributed by atoms with van der Waals surface area (Å²) in [7, 11) is 2.16. The Labute approximate surface area is 188 Å². The Balaban J connectivity index is 1.35. The Morgan fingerprint density at radius 1 is 0.839 bits per heavy atom. The lowest BCUT2D eigenvalue weighted by Crippen LogP contribution is -2.36. The van der Waals surface area contributed by atoms with Gasteiger partial charge in [0.2, 0.25) is 5.69 Å². The molecule has 2 fully saturated rings. The van der Waals surface area contributed by atoms with Crippen molar-refractivity contribution in [1.82, 2.24) is 0 Å². The topological polar surface area (TPSA) is 3.88 Å². The van der Waals surface area contributed by atoms with Crippen LogP contribution in [-0.4, -0.2) is 0 Å². The molecule has 3 atom stereocenters. The molecule has 1 heterocycles. The molecule has 1 unspecified atom stereocenters. The molecule has 1 heteroatoms. The van der Waals surface area contributed by atoms with Crippen molar-refractivity contribution in [2.75, 3.05) is 0 Å². The van der Waals surface area contributed by atoms with E-state index in [4.69, 9.17) is 0 Å². The van der Waals surface area contributed by atoms with Crippen molar-refractivity contribution < 1.29 is 4.57 Å². The maximum atomic E-state index is 2.57. The number of aryl methyl sites for hydroxylation is 2. The summed E-state index contributed by atoms with van der Waals surface area (Å²) in [5.41, 5.74) is 8.66. The molecular weight excluding hydrogens is 374 g/mol.